The second-order valence-corrected chi connectivity index (χ2v) is 15.9. The van der Waals surface area contributed by atoms with Gasteiger partial charge in [0.05, 0.1) is 75.4 Å². The normalized spacial score (nSPS) is 12.3. The van der Waals surface area contributed by atoms with Gasteiger partial charge in [-0.1, -0.05) is 0 Å². The monoisotopic (exact) mass is 1050 g/mol. The first-order chi connectivity index (χ1) is 26.0. The molecule has 26 nitrogen and oxygen atoms in total. The molecule has 0 aliphatic carbocycles. The number of hydrogen-bond donors (Lipinski definition) is 5. The Morgan fingerprint density at radius 3 is 0.597 bits per heavy atom. The predicted octanol–water partition coefficient (Wildman–Crippen LogP) is -15.9. The Kier molecular flexibility index (Phi) is 43.2. The molecule has 0 spiro atoms. The van der Waals surface area contributed by atoms with Gasteiger partial charge in [-0.3, -0.25) is 0 Å². The molecule has 62 heavy (non-hydrogen) atoms. The van der Waals surface area contributed by atoms with Crippen LogP contribution in [0.3, 0.4) is 0 Å². The smallest absolute Gasteiger partial charge is 0.550 e. The first-order valence-corrected chi connectivity index (χ1v) is 16.7. The van der Waals surface area contributed by atoms with Gasteiger partial charge in [0.25, 0.3) is 0 Å². The SMILES string of the molecule is C[N+](C)(C)CC(O)CC(=O)[O-].C[N+](C)(C)CC(O)CC(=O)[O-].C[N+](C)(C)CC(O)CC(=O)[O-].O=C([O-])CC(O)(CC(=O)[O-])C(=O)[O-].O=C([O-])CC(O)(CC(=O)[O-])C(=O)[O-].[Zn+2].[Zn+2].[Zn+2]. The van der Waals surface area contributed by atoms with Crippen molar-refractivity contribution in [2.45, 2.75) is 74.5 Å². The molecular formula is C33H55N3O23Zn3. The molecule has 3 atom stereocenters. The summed E-state index contributed by atoms with van der Waals surface area (Å²) in [4.78, 5) is 90.1. The van der Waals surface area contributed by atoms with Gasteiger partial charge in [-0.15, -0.1) is 0 Å². The molecule has 5 N–H and O–H groups in total. The third-order valence-corrected chi connectivity index (χ3v) is 5.99. The molecule has 0 aromatic heterocycles. The van der Waals surface area contributed by atoms with E-state index in [1.165, 1.54) is 0 Å². The van der Waals surface area contributed by atoms with Crippen molar-refractivity contribution in [3.05, 3.63) is 0 Å². The number of rotatable bonds is 22. The van der Waals surface area contributed by atoms with Crippen LogP contribution in [0.2, 0.25) is 0 Å². The van der Waals surface area contributed by atoms with Crippen molar-refractivity contribution >= 4 is 53.7 Å². The van der Waals surface area contributed by atoms with Gasteiger partial charge in [-0.25, -0.2) is 0 Å². The van der Waals surface area contributed by atoms with Crippen molar-refractivity contribution in [3.8, 4) is 0 Å². The molecule has 3 unspecified atom stereocenters. The van der Waals surface area contributed by atoms with E-state index in [4.69, 9.17) is 25.5 Å². The number of quaternary nitrogens is 3. The van der Waals surface area contributed by atoms with Crippen LogP contribution in [0.1, 0.15) is 44.9 Å². The largest absolute Gasteiger partial charge is 2.00 e. The third kappa shape index (κ3) is 56.8. The number of aliphatic hydroxyl groups is 5. The van der Waals surface area contributed by atoms with Gasteiger partial charge in [0.15, 0.2) is 0 Å². The quantitative estimate of drug-likeness (QED) is 0.0496. The number of aliphatic carboxylic acids is 9. The Hall–Kier alpha value is -3.22. The number of carbonyl (C=O) groups is 9. The summed E-state index contributed by atoms with van der Waals surface area (Å²) < 4.78 is 1.65. The maximum Gasteiger partial charge on any atom is 2.00 e. The van der Waals surface area contributed by atoms with Crippen molar-refractivity contribution in [2.24, 2.45) is 0 Å². The summed E-state index contributed by atoms with van der Waals surface area (Å²) in [5.41, 5.74) is -5.95. The molecule has 0 aliphatic rings. The van der Waals surface area contributed by atoms with E-state index in [0.717, 1.165) is 0 Å². The summed E-state index contributed by atoms with van der Waals surface area (Å²) in [5, 5.41) is 135. The average Bonchev–Trinajstić information content (AvgIpc) is 2.87. The van der Waals surface area contributed by atoms with E-state index >= 15 is 0 Å². The molecule has 29 heteroatoms. The molecule has 0 rings (SSSR count). The zero-order valence-corrected chi connectivity index (χ0v) is 45.3. The summed E-state index contributed by atoms with van der Waals surface area (Å²) in [6.45, 7) is 1.27. The molecule has 0 heterocycles. The fourth-order valence-corrected chi connectivity index (χ4v) is 4.04. The zero-order valence-electron chi connectivity index (χ0n) is 36.4. The Morgan fingerprint density at radius 2 is 0.516 bits per heavy atom. The van der Waals surface area contributed by atoms with E-state index < -0.39 is 109 Å². The van der Waals surface area contributed by atoms with Crippen LogP contribution >= 0.6 is 0 Å². The summed E-state index contributed by atoms with van der Waals surface area (Å²) in [5.74, 6) is -15.6. The second kappa shape index (κ2) is 35.2. The molecule has 0 saturated carbocycles. The Morgan fingerprint density at radius 1 is 0.371 bits per heavy atom. The fourth-order valence-electron chi connectivity index (χ4n) is 4.04. The van der Waals surface area contributed by atoms with Crippen molar-refractivity contribution in [2.75, 3.05) is 83.1 Å². The summed E-state index contributed by atoms with van der Waals surface area (Å²) >= 11 is 0. The number of aliphatic hydroxyl groups excluding tert-OH is 3. The molecule has 0 fully saturated rings. The van der Waals surface area contributed by atoms with Gasteiger partial charge in [-0.05, 0) is 0 Å². The van der Waals surface area contributed by atoms with Gasteiger partial charge in [0.2, 0.25) is 0 Å². The number of carboxylic acids is 9. The van der Waals surface area contributed by atoms with Crippen molar-refractivity contribution in [1.29, 1.82) is 0 Å². The third-order valence-electron chi connectivity index (χ3n) is 5.99. The maximum atomic E-state index is 10.1. The fraction of sp³-hybridized carbons (Fsp3) is 0.727. The molecular weight excluding hydrogens is 1000 g/mol. The van der Waals surface area contributed by atoms with E-state index in [1.54, 1.807) is 0 Å². The molecule has 346 valence electrons. The van der Waals surface area contributed by atoms with Crippen molar-refractivity contribution < 1.29 is 187 Å². The molecule has 0 amide bonds. The maximum absolute atomic E-state index is 10.1. The van der Waals surface area contributed by atoms with Crippen LogP contribution in [0, 0.1) is 0 Å². The number of carboxylic acid groups (broad SMARTS) is 9. The zero-order chi connectivity index (χ0) is 48.5. The van der Waals surface area contributed by atoms with Crippen molar-refractivity contribution in [3.63, 3.8) is 0 Å². The summed E-state index contributed by atoms with van der Waals surface area (Å²) in [6.07, 6.45) is -8.69. The predicted molar refractivity (Wildman–Crippen MR) is 174 cm³/mol. The molecule has 0 radical (unpaired) electrons. The first-order valence-electron chi connectivity index (χ1n) is 16.7. The Labute approximate surface area is 396 Å². The second-order valence-electron chi connectivity index (χ2n) is 15.9. The van der Waals surface area contributed by atoms with Crippen LogP contribution in [-0.4, -0.2) is 205 Å². The van der Waals surface area contributed by atoms with E-state index in [-0.39, 0.29) is 77.7 Å². The minimum Gasteiger partial charge on any atom is -0.550 e. The number of nitrogens with zero attached hydrogens (tertiary/aromatic N) is 3. The van der Waals surface area contributed by atoms with Gasteiger partial charge >= 0.3 is 58.4 Å². The van der Waals surface area contributed by atoms with Gasteiger partial charge in [0.1, 0.15) is 49.1 Å². The van der Waals surface area contributed by atoms with Crippen LogP contribution in [0.5, 0.6) is 0 Å². The molecule has 0 bridgehead atoms. The molecule has 0 saturated heterocycles. The summed E-state index contributed by atoms with van der Waals surface area (Å²) in [7, 11) is 17.0. The Balaban J connectivity index is -0.0000000970. The minimum absolute atomic E-state index is 0. The minimum atomic E-state index is -2.97. The van der Waals surface area contributed by atoms with Gasteiger partial charge in [0, 0.05) is 86.7 Å². The van der Waals surface area contributed by atoms with Crippen LogP contribution < -0.4 is 46.0 Å². The van der Waals surface area contributed by atoms with Crippen LogP contribution in [0.15, 0.2) is 0 Å². The van der Waals surface area contributed by atoms with Crippen molar-refractivity contribution in [1.82, 2.24) is 0 Å². The number of hydrogen-bond acceptors (Lipinski definition) is 23. The number of carbonyl (C=O) groups excluding carboxylic acids is 9. The number of likely N-dealkylation sites (N-methyl/N-ethyl adjacent to an activating group) is 3. The first kappa shape index (κ1) is 76.1. The molecule has 0 aromatic carbocycles. The van der Waals surface area contributed by atoms with E-state index in [1.807, 2.05) is 63.4 Å². The topological polar surface area (TPSA) is 462 Å². The van der Waals surface area contributed by atoms with Crippen LogP contribution in [0.25, 0.3) is 0 Å². The van der Waals surface area contributed by atoms with Gasteiger partial charge in [-0.2, -0.15) is 0 Å². The van der Waals surface area contributed by atoms with Crippen LogP contribution in [-0.2, 0) is 102 Å². The van der Waals surface area contributed by atoms with Gasteiger partial charge < -0.3 is 128 Å². The van der Waals surface area contributed by atoms with Crippen LogP contribution in [0.4, 0.5) is 0 Å². The Bertz CT molecular complexity index is 1230. The average molecular weight is 1060 g/mol. The van der Waals surface area contributed by atoms with E-state index in [2.05, 4.69) is 0 Å². The molecule has 0 aromatic rings. The van der Waals surface area contributed by atoms with E-state index in [0.29, 0.717) is 33.1 Å². The van der Waals surface area contributed by atoms with E-state index in [9.17, 15) is 89.1 Å². The molecule has 0 aliphatic heterocycles. The summed E-state index contributed by atoms with van der Waals surface area (Å²) in [6, 6.07) is 0. The standard InChI is InChI=1S/3C7H15NO3.2C6H8O7.3Zn/c3*1-8(2,3)5-6(9)4-7(10)11;2*7-3(8)1-6(13,5(11)12)2-4(9)10;;;/h3*6,9H,4-5H2,1-3H3;2*13H,1-2H2,(H,7,8)(H,9,10)(H,11,12);;;/q;;;;;3*+2/p-6.